The van der Waals surface area contributed by atoms with Crippen LogP contribution in [-0.4, -0.2) is 83.3 Å². The lowest BCUT2D eigenvalue weighted by Crippen LogP contribution is -2.57. The number of carbonyl (C=O) groups excluding carboxylic acids is 4. The van der Waals surface area contributed by atoms with Gasteiger partial charge in [-0.05, 0) is 31.4 Å². The zero-order chi connectivity index (χ0) is 31.2. The van der Waals surface area contributed by atoms with Crippen molar-refractivity contribution in [2.45, 2.75) is 68.9 Å². The van der Waals surface area contributed by atoms with E-state index in [0.717, 1.165) is 29.8 Å². The van der Waals surface area contributed by atoms with Crippen molar-refractivity contribution in [2.24, 2.45) is 5.92 Å². The first-order valence-electron chi connectivity index (χ1n) is 12.7. The number of hydrogen-bond acceptors (Lipinski definition) is 7. The summed E-state index contributed by atoms with van der Waals surface area (Å²) in [6, 6.07) is 1.03. The minimum atomic E-state index is -5.25. The highest BCUT2D eigenvalue weighted by molar-refractivity contribution is 6.03. The molecule has 2 fully saturated rings. The number of rotatable bonds is 7. The first kappa shape index (κ1) is 30.7. The summed E-state index contributed by atoms with van der Waals surface area (Å²) < 4.78 is 86.8. The number of amides is 4. The van der Waals surface area contributed by atoms with Gasteiger partial charge in [0, 0.05) is 13.5 Å². The number of para-hydroxylation sites is 1. The van der Waals surface area contributed by atoms with E-state index >= 15 is 0 Å². The number of carbonyl (C=O) groups is 4. The van der Waals surface area contributed by atoms with E-state index in [1.54, 1.807) is 0 Å². The van der Waals surface area contributed by atoms with Crippen LogP contribution in [0.1, 0.15) is 32.6 Å². The third kappa shape index (κ3) is 6.31. The Morgan fingerprint density at radius 3 is 2.50 bits per heavy atom. The number of nitrogens with zero attached hydrogens (tertiary/aromatic N) is 3. The summed E-state index contributed by atoms with van der Waals surface area (Å²) in [5, 5.41) is 13.8. The van der Waals surface area contributed by atoms with Crippen molar-refractivity contribution in [3.63, 3.8) is 0 Å². The topological polar surface area (TPSA) is 141 Å². The lowest BCUT2D eigenvalue weighted by molar-refractivity contribution is -0.275. The third-order valence-corrected chi connectivity index (χ3v) is 7.25. The van der Waals surface area contributed by atoms with Crippen LogP contribution in [-0.2, 0) is 19.2 Å². The number of ether oxygens (including phenoxy) is 2. The Kier molecular flexibility index (Phi) is 7.96. The Morgan fingerprint density at radius 1 is 1.26 bits per heavy atom. The van der Waals surface area contributed by atoms with Crippen LogP contribution < -0.4 is 20.1 Å². The highest BCUT2D eigenvalue weighted by Crippen LogP contribution is 2.46. The molecule has 2 N–H and O–H groups in total. The van der Waals surface area contributed by atoms with Crippen LogP contribution in [0.3, 0.4) is 0 Å². The number of alkyl halides is 6. The third-order valence-electron chi connectivity index (χ3n) is 7.25. The molecule has 1 aliphatic carbocycles. The van der Waals surface area contributed by atoms with Crippen molar-refractivity contribution < 1.29 is 55.0 Å². The Balaban J connectivity index is 1.59. The van der Waals surface area contributed by atoms with E-state index in [1.807, 2.05) is 6.07 Å². The second-order valence-electron chi connectivity index (χ2n) is 10.4. The summed E-state index contributed by atoms with van der Waals surface area (Å²) in [4.78, 5) is 53.1. The van der Waals surface area contributed by atoms with Gasteiger partial charge in [0.05, 0.1) is 18.3 Å². The number of likely N-dealkylation sites (tertiary alicyclic amines) is 1. The normalized spacial score (nSPS) is 23.2. The molecule has 1 spiro atoms. The van der Waals surface area contributed by atoms with E-state index in [2.05, 4.69) is 10.1 Å². The van der Waals surface area contributed by atoms with Crippen molar-refractivity contribution in [1.29, 1.82) is 5.26 Å². The number of benzene rings is 1. The van der Waals surface area contributed by atoms with Crippen LogP contribution in [0.25, 0.3) is 0 Å². The average molecular weight is 605 g/mol. The molecule has 42 heavy (non-hydrogen) atoms. The first-order chi connectivity index (χ1) is 19.5. The summed E-state index contributed by atoms with van der Waals surface area (Å²) in [5.41, 5.74) is -2.12. The van der Waals surface area contributed by atoms with Gasteiger partial charge in [0.25, 0.3) is 5.91 Å². The standard InChI is InChI=1S/C25H25F6N5O6/c1-12(33-22(40)24(26,27)28)19(37)35(2)16(8-13-6-7-13)20(38)36-11-23(9-14(36)10-32)21(39)34-15-4-3-5-17(18(15)42-23)41-25(29,30)31/h3-5,12-14,16H,6-9,11H2,1-2H3,(H,33,40)(H,34,39)/t12-,14-,16-,23+/m0/s1. The Bertz CT molecular complexity index is 1330. The second-order valence-corrected chi connectivity index (χ2v) is 10.4. The molecule has 1 saturated heterocycles. The molecule has 3 aliphatic rings. The number of nitrogens with one attached hydrogen (secondary N) is 2. The number of fused-ring (bicyclic) bond motifs is 1. The SMILES string of the molecule is C[C@H](NC(=O)C(F)(F)F)C(=O)N(C)[C@@H](CC1CC1)C(=O)N1C[C@@]2(C[C@H]1C#N)Oc1c(cccc1OC(F)(F)F)NC2=O. The molecule has 4 atom stereocenters. The maximum Gasteiger partial charge on any atom is 0.573 e. The molecule has 2 aliphatic heterocycles. The number of hydrogen-bond donors (Lipinski definition) is 2. The molecule has 0 radical (unpaired) electrons. The Morgan fingerprint density at radius 2 is 1.93 bits per heavy atom. The minimum absolute atomic E-state index is 0.00504. The molecule has 0 bridgehead atoms. The molecular formula is C25H25F6N5O6. The summed E-state index contributed by atoms with van der Waals surface area (Å²) >= 11 is 0. The van der Waals surface area contributed by atoms with Gasteiger partial charge in [-0.2, -0.15) is 18.4 Å². The van der Waals surface area contributed by atoms with Gasteiger partial charge in [-0.15, -0.1) is 13.2 Å². The smallest absolute Gasteiger partial charge is 0.469 e. The highest BCUT2D eigenvalue weighted by Gasteiger charge is 2.57. The average Bonchev–Trinajstić information content (AvgIpc) is 3.64. The number of halogens is 6. The lowest BCUT2D eigenvalue weighted by Gasteiger charge is -2.36. The van der Waals surface area contributed by atoms with Gasteiger partial charge in [0.2, 0.25) is 17.4 Å². The number of nitriles is 1. The molecule has 17 heteroatoms. The van der Waals surface area contributed by atoms with Gasteiger partial charge in [-0.3, -0.25) is 19.2 Å². The monoisotopic (exact) mass is 605 g/mol. The van der Waals surface area contributed by atoms with E-state index in [0.29, 0.717) is 12.8 Å². The van der Waals surface area contributed by atoms with Gasteiger partial charge in [-0.25, -0.2) is 0 Å². The Labute approximate surface area is 234 Å². The minimum Gasteiger partial charge on any atom is -0.469 e. The van der Waals surface area contributed by atoms with E-state index in [4.69, 9.17) is 4.74 Å². The molecule has 4 rings (SSSR count). The Hall–Kier alpha value is -4.23. The zero-order valence-corrected chi connectivity index (χ0v) is 22.1. The fourth-order valence-electron chi connectivity index (χ4n) is 4.94. The molecule has 0 aromatic heterocycles. The molecule has 4 amide bonds. The van der Waals surface area contributed by atoms with E-state index < -0.39 is 84.4 Å². The number of likely N-dealkylation sites (N-methyl/N-ethyl adjacent to an activating group) is 1. The molecule has 2 heterocycles. The molecule has 0 unspecified atom stereocenters. The van der Waals surface area contributed by atoms with Gasteiger partial charge >= 0.3 is 18.4 Å². The lowest BCUT2D eigenvalue weighted by atomic mass is 9.97. The fraction of sp³-hybridized carbons (Fsp3) is 0.560. The van der Waals surface area contributed by atoms with Gasteiger partial charge in [0.1, 0.15) is 18.1 Å². The summed E-state index contributed by atoms with van der Waals surface area (Å²) in [6.45, 7) is 0.432. The van der Waals surface area contributed by atoms with Crippen LogP contribution in [0.2, 0.25) is 0 Å². The maximum absolute atomic E-state index is 13.8. The van der Waals surface area contributed by atoms with E-state index in [-0.39, 0.29) is 18.0 Å². The van der Waals surface area contributed by atoms with Crippen LogP contribution in [0, 0.1) is 17.2 Å². The fourth-order valence-corrected chi connectivity index (χ4v) is 4.94. The zero-order valence-electron chi connectivity index (χ0n) is 22.1. The predicted octanol–water partition coefficient (Wildman–Crippen LogP) is 2.47. The van der Waals surface area contributed by atoms with Gasteiger partial charge in [0.15, 0.2) is 11.5 Å². The van der Waals surface area contributed by atoms with Crippen molar-refractivity contribution in [1.82, 2.24) is 15.1 Å². The molecule has 1 aromatic carbocycles. The largest absolute Gasteiger partial charge is 0.573 e. The summed E-state index contributed by atoms with van der Waals surface area (Å²) in [5.74, 6) is -6.24. The molecule has 11 nitrogen and oxygen atoms in total. The van der Waals surface area contributed by atoms with Crippen LogP contribution in [0.15, 0.2) is 18.2 Å². The molecular weight excluding hydrogens is 580 g/mol. The van der Waals surface area contributed by atoms with E-state index in [9.17, 15) is 50.8 Å². The maximum atomic E-state index is 13.8. The van der Waals surface area contributed by atoms with Crippen molar-refractivity contribution >= 4 is 29.3 Å². The number of anilines is 1. The molecule has 228 valence electrons. The molecule has 1 aromatic rings. The van der Waals surface area contributed by atoms with Crippen LogP contribution >= 0.6 is 0 Å². The van der Waals surface area contributed by atoms with Gasteiger partial charge < -0.3 is 29.9 Å². The van der Waals surface area contributed by atoms with E-state index in [1.165, 1.54) is 17.4 Å². The van der Waals surface area contributed by atoms with Crippen molar-refractivity contribution in [3.05, 3.63) is 18.2 Å². The summed E-state index contributed by atoms with van der Waals surface area (Å²) in [7, 11) is 1.16. The second kappa shape index (κ2) is 10.9. The van der Waals surface area contributed by atoms with Crippen LogP contribution in [0.5, 0.6) is 11.5 Å². The van der Waals surface area contributed by atoms with Crippen molar-refractivity contribution in [2.75, 3.05) is 18.9 Å². The summed E-state index contributed by atoms with van der Waals surface area (Å²) in [6.07, 6.45) is -9.27. The van der Waals surface area contributed by atoms with Crippen molar-refractivity contribution in [3.8, 4) is 17.6 Å². The molecule has 1 saturated carbocycles. The highest BCUT2D eigenvalue weighted by atomic mass is 19.4. The quantitative estimate of drug-likeness (QED) is 0.455. The predicted molar refractivity (Wildman–Crippen MR) is 128 cm³/mol. The first-order valence-corrected chi connectivity index (χ1v) is 12.7. The van der Waals surface area contributed by atoms with Crippen LogP contribution in [0.4, 0.5) is 32.0 Å². The van der Waals surface area contributed by atoms with Gasteiger partial charge in [-0.1, -0.05) is 18.9 Å².